The number of para-hydroxylation sites is 1. The number of methoxy groups -OCH3 is 1. The third-order valence-electron chi connectivity index (χ3n) is 10.1. The number of benzene rings is 1. The Morgan fingerprint density at radius 1 is 1.12 bits per heavy atom. The minimum Gasteiger partial charge on any atom is -0.393 e. The lowest BCUT2D eigenvalue weighted by atomic mass is 9.82. The van der Waals surface area contributed by atoms with Crippen LogP contribution in [0.2, 0.25) is 0 Å². The summed E-state index contributed by atoms with van der Waals surface area (Å²) < 4.78 is 7.26. The summed E-state index contributed by atoms with van der Waals surface area (Å²) in [6.07, 6.45) is 7.67. The fraction of sp³-hybridized carbons (Fsp3) is 0.444. The van der Waals surface area contributed by atoms with Gasteiger partial charge in [-0.25, -0.2) is 0 Å². The monoisotopic (exact) mass is 692 g/mol. The van der Waals surface area contributed by atoms with Crippen LogP contribution >= 0.6 is 0 Å². The molecule has 1 aromatic carbocycles. The Hall–Kier alpha value is -4.86. The van der Waals surface area contributed by atoms with Crippen molar-refractivity contribution in [2.75, 3.05) is 37.5 Å². The molecule has 7 rings (SSSR count). The second kappa shape index (κ2) is 13.7. The maximum atomic E-state index is 13.1. The quantitative estimate of drug-likeness (QED) is 0.0874. The highest BCUT2D eigenvalue weighted by Crippen LogP contribution is 2.50. The van der Waals surface area contributed by atoms with Crippen LogP contribution in [-0.2, 0) is 26.6 Å². The number of rotatable bonds is 13. The SMILES string of the molecule is [B]C(O)(c1cccc(COC)n1)N1CC(n2ncc3c2C(CC)N(C)c2c(NC(/C=C(\N)NC(=O)C4CC4)=C(/N)C(=O)NC4CC4)cccc2-3)C1. The van der Waals surface area contributed by atoms with Crippen molar-refractivity contribution in [2.45, 2.75) is 69.4 Å². The van der Waals surface area contributed by atoms with Crippen LogP contribution in [0.1, 0.15) is 68.2 Å². The van der Waals surface area contributed by atoms with Gasteiger partial charge in [0.15, 0.2) is 0 Å². The largest absolute Gasteiger partial charge is 0.393 e. The Morgan fingerprint density at radius 3 is 2.55 bits per heavy atom. The molecule has 2 saturated carbocycles. The van der Waals surface area contributed by atoms with Gasteiger partial charge in [-0.2, -0.15) is 5.10 Å². The highest BCUT2D eigenvalue weighted by molar-refractivity contribution is 6.14. The maximum absolute atomic E-state index is 13.1. The van der Waals surface area contributed by atoms with Crippen LogP contribution in [0.3, 0.4) is 0 Å². The first-order valence-electron chi connectivity index (χ1n) is 17.5. The predicted octanol–water partition coefficient (Wildman–Crippen LogP) is 2.01. The van der Waals surface area contributed by atoms with Gasteiger partial charge < -0.3 is 42.2 Å². The van der Waals surface area contributed by atoms with Crippen molar-refractivity contribution in [3.05, 3.63) is 83.0 Å². The second-order valence-electron chi connectivity index (χ2n) is 13.9. The minimum atomic E-state index is -1.75. The van der Waals surface area contributed by atoms with E-state index < -0.39 is 11.5 Å². The number of anilines is 2. The number of pyridine rings is 1. The van der Waals surface area contributed by atoms with E-state index in [1.54, 1.807) is 18.1 Å². The Balaban J connectivity index is 1.17. The number of nitrogens with zero attached hydrogens (tertiary/aromatic N) is 5. The summed E-state index contributed by atoms with van der Waals surface area (Å²) in [5.41, 5.74) is 16.9. The molecule has 2 unspecified atom stereocenters. The lowest BCUT2D eigenvalue weighted by molar-refractivity contribution is -0.121. The molecule has 3 aromatic rings. The third-order valence-corrected chi connectivity index (χ3v) is 10.1. The van der Waals surface area contributed by atoms with Crippen molar-refractivity contribution in [1.82, 2.24) is 30.3 Å². The Labute approximate surface area is 298 Å². The topological polar surface area (TPSA) is 189 Å². The number of aromatic nitrogens is 3. The van der Waals surface area contributed by atoms with Crippen LogP contribution in [0.25, 0.3) is 11.1 Å². The molecule has 1 saturated heterocycles. The molecule has 4 aliphatic rings. The van der Waals surface area contributed by atoms with Crippen LogP contribution in [0, 0.1) is 5.92 Å². The number of carbonyl (C=O) groups is 2. The molecule has 2 atom stereocenters. The maximum Gasteiger partial charge on any atom is 0.269 e. The molecule has 8 N–H and O–H groups in total. The van der Waals surface area contributed by atoms with Crippen molar-refractivity contribution in [3.63, 3.8) is 0 Å². The van der Waals surface area contributed by atoms with E-state index >= 15 is 0 Å². The molecule has 0 spiro atoms. The Bertz CT molecular complexity index is 1890. The van der Waals surface area contributed by atoms with E-state index in [1.807, 2.05) is 43.6 Å². The zero-order chi connectivity index (χ0) is 36.0. The average molecular weight is 693 g/mol. The number of aliphatic hydroxyl groups is 1. The standard InChI is InChI=1S/C36H45BN10O4/c1-4-28-33-25(16-40-47(33)23-17-46(18-23)36(37,50)29-10-5-7-22(41-29)19-51-3)24-8-6-9-26(32(24)45(28)2)43-27(31(39)35(49)42-21-13-14-21)15-30(38)44-34(48)20-11-12-20/h5-10,15-16,20-21,23,28,43,50H,4,11-14,17-19,38-39H2,1-3H3,(H,42,49)(H,44,48)/b30-15+,31-27+. The molecule has 266 valence electrons. The van der Waals surface area contributed by atoms with Crippen molar-refractivity contribution in [2.24, 2.45) is 17.4 Å². The van der Waals surface area contributed by atoms with Gasteiger partial charge in [0, 0.05) is 56.4 Å². The summed E-state index contributed by atoms with van der Waals surface area (Å²) in [6.45, 7) is 3.41. The van der Waals surface area contributed by atoms with E-state index in [2.05, 4.69) is 37.4 Å². The first-order valence-corrected chi connectivity index (χ1v) is 17.5. The molecule has 2 amide bonds. The lowest BCUT2D eigenvalue weighted by Gasteiger charge is -2.49. The Kier molecular flexibility index (Phi) is 9.29. The van der Waals surface area contributed by atoms with Gasteiger partial charge >= 0.3 is 0 Å². The number of allylic oxidation sites excluding steroid dienone is 1. The molecular formula is C36H45BN10O4. The van der Waals surface area contributed by atoms with Gasteiger partial charge in [0.25, 0.3) is 5.91 Å². The second-order valence-corrected chi connectivity index (χ2v) is 13.9. The molecule has 2 aliphatic heterocycles. The molecule has 15 heteroatoms. The summed E-state index contributed by atoms with van der Waals surface area (Å²) in [6, 6.07) is 11.3. The molecule has 2 aliphatic carbocycles. The fourth-order valence-electron chi connectivity index (χ4n) is 6.93. The summed E-state index contributed by atoms with van der Waals surface area (Å²) in [4.78, 5) is 34.1. The number of fused-ring (bicyclic) bond motifs is 3. The van der Waals surface area contributed by atoms with Crippen molar-refractivity contribution < 1.29 is 19.4 Å². The highest BCUT2D eigenvalue weighted by atomic mass is 16.5. The van der Waals surface area contributed by atoms with E-state index in [1.165, 1.54) is 6.08 Å². The van der Waals surface area contributed by atoms with E-state index in [0.717, 1.165) is 54.6 Å². The number of nitrogens with one attached hydrogen (secondary N) is 3. The van der Waals surface area contributed by atoms with Gasteiger partial charge in [-0.05, 0) is 50.3 Å². The molecule has 14 nitrogen and oxygen atoms in total. The summed E-state index contributed by atoms with van der Waals surface area (Å²) >= 11 is 0. The van der Waals surface area contributed by atoms with E-state index in [-0.39, 0.29) is 47.2 Å². The molecule has 4 heterocycles. The average Bonchev–Trinajstić information content (AvgIpc) is 4.03. The van der Waals surface area contributed by atoms with Gasteiger partial charge in [-0.15, -0.1) is 0 Å². The molecule has 2 aromatic heterocycles. The summed E-state index contributed by atoms with van der Waals surface area (Å²) in [5, 5.41) is 25.3. The Morgan fingerprint density at radius 2 is 1.86 bits per heavy atom. The smallest absolute Gasteiger partial charge is 0.269 e. The number of hydrogen-bond acceptors (Lipinski definition) is 11. The lowest BCUT2D eigenvalue weighted by Crippen LogP contribution is -2.59. The van der Waals surface area contributed by atoms with Crippen molar-refractivity contribution in [3.8, 4) is 11.1 Å². The zero-order valence-corrected chi connectivity index (χ0v) is 29.2. The van der Waals surface area contributed by atoms with E-state index in [4.69, 9.17) is 29.1 Å². The summed E-state index contributed by atoms with van der Waals surface area (Å²) in [7, 11) is 10.1. The number of carbonyl (C=O) groups excluding carboxylic acids is 2. The van der Waals surface area contributed by atoms with Gasteiger partial charge in [0.05, 0.1) is 59.0 Å². The van der Waals surface area contributed by atoms with Crippen LogP contribution in [0.4, 0.5) is 11.4 Å². The van der Waals surface area contributed by atoms with Gasteiger partial charge in [-0.1, -0.05) is 25.1 Å². The molecule has 51 heavy (non-hydrogen) atoms. The number of hydrogen-bond donors (Lipinski definition) is 6. The van der Waals surface area contributed by atoms with Crippen LogP contribution in [0.15, 0.2) is 65.9 Å². The molecular weight excluding hydrogens is 647 g/mol. The minimum absolute atomic E-state index is 0.0189. The van der Waals surface area contributed by atoms with Crippen molar-refractivity contribution in [1.29, 1.82) is 0 Å². The molecule has 0 bridgehead atoms. The number of amides is 2. The van der Waals surface area contributed by atoms with Crippen LogP contribution in [-0.4, -0.2) is 77.7 Å². The number of nitrogens with two attached hydrogens (primary N) is 2. The first kappa shape index (κ1) is 34.6. The van der Waals surface area contributed by atoms with Crippen molar-refractivity contribution >= 4 is 31.0 Å². The first-order chi connectivity index (χ1) is 24.5. The number of ether oxygens (including phenoxy) is 1. The normalized spacial score (nSPS) is 20.7. The van der Waals surface area contributed by atoms with E-state index in [0.29, 0.717) is 36.8 Å². The van der Waals surface area contributed by atoms with Gasteiger partial charge in [0.1, 0.15) is 25.0 Å². The molecule has 3 fully saturated rings. The predicted molar refractivity (Wildman–Crippen MR) is 193 cm³/mol. The van der Waals surface area contributed by atoms with E-state index in [9.17, 15) is 14.7 Å². The fourth-order valence-corrected chi connectivity index (χ4v) is 6.93. The highest BCUT2D eigenvalue weighted by Gasteiger charge is 2.44. The molecule has 2 radical (unpaired) electrons. The van der Waals surface area contributed by atoms with Crippen LogP contribution < -0.4 is 32.3 Å². The zero-order valence-electron chi connectivity index (χ0n) is 29.2. The summed E-state index contributed by atoms with van der Waals surface area (Å²) in [5.74, 6) is -0.483. The van der Waals surface area contributed by atoms with Crippen LogP contribution in [0.5, 0.6) is 0 Å². The third kappa shape index (κ3) is 6.80. The van der Waals surface area contributed by atoms with Gasteiger partial charge in [-0.3, -0.25) is 24.2 Å². The number of likely N-dealkylation sites (tertiary alicyclic amines) is 1. The van der Waals surface area contributed by atoms with Gasteiger partial charge in [0.2, 0.25) is 5.91 Å².